The lowest BCUT2D eigenvalue weighted by Crippen LogP contribution is -2.08. The Kier molecular flexibility index (Phi) is 3.34. The smallest absolute Gasteiger partial charge is 0.204 e. The Labute approximate surface area is 133 Å². The van der Waals surface area contributed by atoms with Crippen LogP contribution in [0.4, 0.5) is 0 Å². The van der Waals surface area contributed by atoms with Gasteiger partial charge in [-0.15, -0.1) is 10.2 Å². The molecule has 0 aliphatic carbocycles. The fourth-order valence-corrected chi connectivity index (χ4v) is 2.66. The minimum Gasteiger partial charge on any atom is -0.331 e. The van der Waals surface area contributed by atoms with Crippen LogP contribution in [0.15, 0.2) is 54.6 Å². The Morgan fingerprint density at radius 2 is 1.74 bits per heavy atom. The van der Waals surface area contributed by atoms with Crippen molar-refractivity contribution in [2.45, 2.75) is 13.0 Å². The van der Waals surface area contributed by atoms with E-state index in [4.69, 9.17) is 0 Å². The first-order chi connectivity index (χ1) is 11.3. The predicted molar refractivity (Wildman–Crippen MR) is 87.7 cm³/mol. The molecule has 114 valence electrons. The molecule has 0 fully saturated rings. The minimum absolute atomic E-state index is 0.649. The Balaban J connectivity index is 1.53. The van der Waals surface area contributed by atoms with Gasteiger partial charge in [-0.25, -0.2) is 4.98 Å². The first-order valence-corrected chi connectivity index (χ1v) is 7.55. The Morgan fingerprint density at radius 1 is 0.957 bits per heavy atom. The molecule has 0 unspecified atom stereocenters. The number of fused-ring (bicyclic) bond motifs is 1. The summed E-state index contributed by atoms with van der Waals surface area (Å²) in [6.45, 7) is 0.650. The summed E-state index contributed by atoms with van der Waals surface area (Å²) < 4.78 is 2.12. The van der Waals surface area contributed by atoms with Crippen LogP contribution in [0, 0.1) is 0 Å². The fraction of sp³-hybridized carbons (Fsp3) is 0.176. The van der Waals surface area contributed by atoms with Crippen molar-refractivity contribution in [3.8, 4) is 11.4 Å². The molecular weight excluding hydrogens is 288 g/mol. The van der Waals surface area contributed by atoms with Crippen LogP contribution in [0.5, 0.6) is 0 Å². The molecule has 6 heteroatoms. The zero-order valence-corrected chi connectivity index (χ0v) is 12.8. The van der Waals surface area contributed by atoms with E-state index in [2.05, 4.69) is 31.0 Å². The number of imidazole rings is 1. The molecule has 2 heterocycles. The molecular formula is C17H16N6. The van der Waals surface area contributed by atoms with Crippen LogP contribution in [0.1, 0.15) is 5.82 Å². The molecule has 0 amide bonds. The first kappa shape index (κ1) is 13.6. The molecule has 2 aromatic carbocycles. The Hall–Kier alpha value is -3.02. The van der Waals surface area contributed by atoms with Crippen LogP contribution in [-0.2, 0) is 20.0 Å². The lowest BCUT2D eigenvalue weighted by Gasteiger charge is -2.01. The van der Waals surface area contributed by atoms with Gasteiger partial charge in [0.05, 0.1) is 17.6 Å². The predicted octanol–water partition coefficient (Wildman–Crippen LogP) is 2.47. The highest BCUT2D eigenvalue weighted by Crippen LogP contribution is 2.15. The largest absolute Gasteiger partial charge is 0.331 e. The van der Waals surface area contributed by atoms with Crippen molar-refractivity contribution in [1.29, 1.82) is 0 Å². The molecule has 6 nitrogen and oxygen atoms in total. The lowest BCUT2D eigenvalue weighted by molar-refractivity contribution is 0.511. The van der Waals surface area contributed by atoms with Crippen molar-refractivity contribution in [3.63, 3.8) is 0 Å². The van der Waals surface area contributed by atoms with Gasteiger partial charge in [-0.2, -0.15) is 4.80 Å². The van der Waals surface area contributed by atoms with Crippen molar-refractivity contribution in [2.75, 3.05) is 0 Å². The number of aromatic nitrogens is 6. The van der Waals surface area contributed by atoms with E-state index in [1.807, 2.05) is 55.6 Å². The highest BCUT2D eigenvalue weighted by Gasteiger charge is 2.09. The van der Waals surface area contributed by atoms with E-state index in [1.54, 1.807) is 4.80 Å². The zero-order chi connectivity index (χ0) is 15.6. The van der Waals surface area contributed by atoms with Crippen molar-refractivity contribution in [3.05, 3.63) is 60.4 Å². The molecule has 0 saturated carbocycles. The maximum Gasteiger partial charge on any atom is 0.204 e. The molecule has 2 aromatic heterocycles. The molecule has 0 N–H and O–H groups in total. The number of rotatable bonds is 4. The summed E-state index contributed by atoms with van der Waals surface area (Å²) in [6, 6.07) is 18.0. The minimum atomic E-state index is 0.649. The van der Waals surface area contributed by atoms with Crippen molar-refractivity contribution in [2.24, 2.45) is 7.05 Å². The molecule has 23 heavy (non-hydrogen) atoms. The van der Waals surface area contributed by atoms with E-state index in [1.165, 1.54) is 0 Å². The second-order valence-corrected chi connectivity index (χ2v) is 5.40. The van der Waals surface area contributed by atoms with Crippen molar-refractivity contribution < 1.29 is 0 Å². The Morgan fingerprint density at radius 3 is 2.57 bits per heavy atom. The van der Waals surface area contributed by atoms with Gasteiger partial charge < -0.3 is 4.57 Å². The number of hydrogen-bond donors (Lipinski definition) is 0. The van der Waals surface area contributed by atoms with Crippen molar-refractivity contribution >= 4 is 11.0 Å². The van der Waals surface area contributed by atoms with E-state index in [9.17, 15) is 0 Å². The van der Waals surface area contributed by atoms with Gasteiger partial charge in [0.25, 0.3) is 0 Å². The summed E-state index contributed by atoms with van der Waals surface area (Å²) in [5.41, 5.74) is 3.13. The third-order valence-corrected chi connectivity index (χ3v) is 3.90. The normalized spacial score (nSPS) is 11.2. The van der Waals surface area contributed by atoms with Crippen LogP contribution in [0.3, 0.4) is 0 Å². The summed E-state index contributed by atoms with van der Waals surface area (Å²) in [7, 11) is 2.04. The summed E-state index contributed by atoms with van der Waals surface area (Å²) >= 11 is 0. The third-order valence-electron chi connectivity index (χ3n) is 3.90. The maximum absolute atomic E-state index is 4.67. The average Bonchev–Trinajstić information content (AvgIpc) is 3.19. The molecule has 0 atom stereocenters. The molecule has 4 aromatic rings. The van der Waals surface area contributed by atoms with E-state index in [0.29, 0.717) is 12.4 Å². The highest BCUT2D eigenvalue weighted by molar-refractivity contribution is 5.75. The van der Waals surface area contributed by atoms with Crippen LogP contribution >= 0.6 is 0 Å². The second kappa shape index (κ2) is 5.64. The quantitative estimate of drug-likeness (QED) is 0.581. The first-order valence-electron chi connectivity index (χ1n) is 7.55. The number of benzene rings is 2. The average molecular weight is 304 g/mol. The van der Waals surface area contributed by atoms with E-state index in [0.717, 1.165) is 28.8 Å². The number of aryl methyl sites for hydroxylation is 3. The van der Waals surface area contributed by atoms with Gasteiger partial charge in [-0.1, -0.05) is 42.5 Å². The van der Waals surface area contributed by atoms with E-state index >= 15 is 0 Å². The van der Waals surface area contributed by atoms with Gasteiger partial charge >= 0.3 is 0 Å². The number of hydrogen-bond acceptors (Lipinski definition) is 4. The number of nitrogens with zero attached hydrogens (tertiary/aromatic N) is 6. The fourth-order valence-electron chi connectivity index (χ4n) is 2.66. The van der Waals surface area contributed by atoms with Gasteiger partial charge in [0, 0.05) is 19.0 Å². The third kappa shape index (κ3) is 2.59. The monoisotopic (exact) mass is 304 g/mol. The molecule has 4 rings (SSSR count). The molecule has 0 aliphatic rings. The second-order valence-electron chi connectivity index (χ2n) is 5.40. The van der Waals surface area contributed by atoms with Crippen LogP contribution in [0.2, 0.25) is 0 Å². The van der Waals surface area contributed by atoms with E-state index in [-0.39, 0.29) is 0 Å². The molecule has 0 spiro atoms. The SMILES string of the molecule is Cn1c(CCn2nnc(-c3ccccc3)n2)nc2ccccc21. The molecule has 0 saturated heterocycles. The number of para-hydroxylation sites is 2. The van der Waals surface area contributed by atoms with Crippen molar-refractivity contribution in [1.82, 2.24) is 29.8 Å². The summed E-state index contributed by atoms with van der Waals surface area (Å²) in [5.74, 6) is 1.67. The summed E-state index contributed by atoms with van der Waals surface area (Å²) in [5, 5.41) is 12.7. The highest BCUT2D eigenvalue weighted by atomic mass is 15.6. The maximum atomic E-state index is 4.67. The van der Waals surface area contributed by atoms with Gasteiger partial charge in [0.15, 0.2) is 0 Å². The number of tetrazole rings is 1. The Bertz CT molecular complexity index is 938. The van der Waals surface area contributed by atoms with Crippen LogP contribution in [0.25, 0.3) is 22.4 Å². The summed E-state index contributed by atoms with van der Waals surface area (Å²) in [6.07, 6.45) is 0.760. The lowest BCUT2D eigenvalue weighted by atomic mass is 10.2. The summed E-state index contributed by atoms with van der Waals surface area (Å²) in [4.78, 5) is 6.29. The zero-order valence-electron chi connectivity index (χ0n) is 12.8. The van der Waals surface area contributed by atoms with Gasteiger partial charge in [-0.3, -0.25) is 0 Å². The van der Waals surface area contributed by atoms with Gasteiger partial charge in [-0.05, 0) is 17.3 Å². The van der Waals surface area contributed by atoms with Crippen LogP contribution < -0.4 is 0 Å². The van der Waals surface area contributed by atoms with E-state index < -0.39 is 0 Å². The van der Waals surface area contributed by atoms with Crippen LogP contribution in [-0.4, -0.2) is 29.8 Å². The topological polar surface area (TPSA) is 61.4 Å². The molecule has 0 aliphatic heterocycles. The van der Waals surface area contributed by atoms with Gasteiger partial charge in [0.1, 0.15) is 5.82 Å². The molecule has 0 radical (unpaired) electrons. The molecule has 0 bridgehead atoms. The van der Waals surface area contributed by atoms with Gasteiger partial charge in [0.2, 0.25) is 5.82 Å². The standard InChI is InChI=1S/C17H16N6/c1-22-15-10-6-5-9-14(15)18-16(22)11-12-23-20-17(19-21-23)13-7-3-2-4-8-13/h2-10H,11-12H2,1H3.